The minimum Gasteiger partial charge on any atom is -0.368 e. The molecule has 0 saturated heterocycles. The number of rotatable bonds is 2. The predicted molar refractivity (Wildman–Crippen MR) is 58.1 cm³/mol. The molecule has 0 aliphatic heterocycles. The van der Waals surface area contributed by atoms with E-state index in [-0.39, 0.29) is 0 Å². The van der Waals surface area contributed by atoms with Gasteiger partial charge in [0, 0.05) is 0 Å². The van der Waals surface area contributed by atoms with E-state index in [4.69, 9.17) is 19.3 Å². The van der Waals surface area contributed by atoms with Gasteiger partial charge in [0.05, 0.1) is 12.5 Å². The fraction of sp³-hybridized carbons (Fsp3) is 1.00. The lowest BCUT2D eigenvalue weighted by Gasteiger charge is -1.94. The van der Waals surface area contributed by atoms with Crippen LogP contribution < -0.4 is 0 Å². The van der Waals surface area contributed by atoms with Crippen molar-refractivity contribution in [3.8, 4) is 0 Å². The van der Waals surface area contributed by atoms with Gasteiger partial charge in [-0.25, -0.2) is 0 Å². The van der Waals surface area contributed by atoms with Crippen LogP contribution in [0.15, 0.2) is 0 Å². The summed E-state index contributed by atoms with van der Waals surface area (Å²) in [6.45, 7) is 1.90. The first-order valence-corrected chi connectivity index (χ1v) is 7.68. The summed E-state index contributed by atoms with van der Waals surface area (Å²) in [7, 11) is -7.33. The Morgan fingerprint density at radius 2 is 1.12 bits per heavy atom. The lowest BCUT2D eigenvalue weighted by atomic mass is 10.3. The molecule has 0 aliphatic carbocycles. The second-order valence-corrected chi connectivity index (χ2v) is 5.67. The summed E-state index contributed by atoms with van der Waals surface area (Å²) in [6, 6.07) is 0. The van der Waals surface area contributed by atoms with E-state index in [1.165, 1.54) is 0 Å². The molecule has 102 valence electrons. The van der Waals surface area contributed by atoms with E-state index in [0.29, 0.717) is 18.9 Å². The fourth-order valence-corrected chi connectivity index (χ4v) is 0.258. The lowest BCUT2D eigenvalue weighted by molar-refractivity contribution is -0.0453. The number of aliphatic hydroxyl groups excluding tert-OH is 1. The molecule has 0 bridgehead atoms. The van der Waals surface area contributed by atoms with Gasteiger partial charge >= 0.3 is 0 Å². The third kappa shape index (κ3) is 297. The van der Waals surface area contributed by atoms with E-state index in [1.807, 2.05) is 6.92 Å². The quantitative estimate of drug-likeness (QED) is 0.376. The van der Waals surface area contributed by atoms with E-state index in [2.05, 4.69) is 0 Å². The average molecular weight is 282 g/mol. The maximum Gasteiger partial charge on any atom is 0.261 e. The minimum absolute atomic E-state index is 0.486. The smallest absolute Gasteiger partial charge is 0.261 e. The third-order valence-electron chi connectivity index (χ3n) is 0.547. The largest absolute Gasteiger partial charge is 0.368 e. The first-order chi connectivity index (χ1) is 6.77. The highest BCUT2D eigenvalue weighted by atomic mass is 32.2. The molecular formula is C6H18O8S2. The second kappa shape index (κ2) is 9.93. The number of hydrogen-bond donors (Lipinski definition) is 4. The minimum atomic E-state index is -3.67. The van der Waals surface area contributed by atoms with Crippen LogP contribution >= 0.6 is 0 Å². The van der Waals surface area contributed by atoms with Crippen molar-refractivity contribution in [1.29, 1.82) is 0 Å². The lowest BCUT2D eigenvalue weighted by Crippen LogP contribution is -2.01. The van der Waals surface area contributed by atoms with Gasteiger partial charge < -0.3 is 10.2 Å². The summed E-state index contributed by atoms with van der Waals surface area (Å²) in [5, 5.41) is 16.2. The molecule has 0 aliphatic rings. The highest BCUT2D eigenvalue weighted by molar-refractivity contribution is 7.85. The van der Waals surface area contributed by atoms with Crippen LogP contribution in [0.1, 0.15) is 19.8 Å². The summed E-state index contributed by atoms with van der Waals surface area (Å²) >= 11 is 0. The molecule has 10 heteroatoms. The van der Waals surface area contributed by atoms with Gasteiger partial charge in [-0.3, -0.25) is 9.11 Å². The third-order valence-corrected chi connectivity index (χ3v) is 0.547. The monoisotopic (exact) mass is 282 g/mol. The molecule has 0 aromatic rings. The van der Waals surface area contributed by atoms with Crippen LogP contribution in [0, 0.1) is 0 Å². The molecule has 0 unspecified atom stereocenters. The number of aliphatic hydroxyl groups is 2. The van der Waals surface area contributed by atoms with Gasteiger partial charge in [0.15, 0.2) is 6.29 Å². The van der Waals surface area contributed by atoms with Crippen molar-refractivity contribution >= 4 is 20.2 Å². The van der Waals surface area contributed by atoms with Crippen molar-refractivity contribution in [1.82, 2.24) is 0 Å². The fourth-order valence-electron chi connectivity index (χ4n) is 0.258. The maximum absolute atomic E-state index is 9.19. The molecule has 16 heavy (non-hydrogen) atoms. The maximum atomic E-state index is 9.19. The van der Waals surface area contributed by atoms with Crippen LogP contribution in [0.5, 0.6) is 0 Å². The van der Waals surface area contributed by atoms with Crippen molar-refractivity contribution < 1.29 is 36.2 Å². The molecule has 4 N–H and O–H groups in total. The van der Waals surface area contributed by atoms with E-state index in [1.54, 1.807) is 0 Å². The van der Waals surface area contributed by atoms with Crippen LogP contribution in [-0.4, -0.2) is 55.0 Å². The molecule has 0 rings (SSSR count). The molecule has 0 spiro atoms. The molecule has 0 radical (unpaired) electrons. The summed E-state index contributed by atoms with van der Waals surface area (Å²) in [5.41, 5.74) is 0. The molecule has 0 fully saturated rings. The van der Waals surface area contributed by atoms with Crippen molar-refractivity contribution in [2.45, 2.75) is 26.1 Å². The van der Waals surface area contributed by atoms with Gasteiger partial charge in [-0.15, -0.1) is 0 Å². The normalized spacial score (nSPS) is 11.0. The molecule has 0 heterocycles. The van der Waals surface area contributed by atoms with Crippen molar-refractivity contribution in [2.24, 2.45) is 0 Å². The SMILES string of the molecule is CCCC(O)O.CS(=O)(=O)O.CS(=O)(=O)O. The first kappa shape index (κ1) is 21.1. The Hall–Kier alpha value is -0.260. The van der Waals surface area contributed by atoms with Gasteiger partial charge in [-0.2, -0.15) is 16.8 Å². The van der Waals surface area contributed by atoms with E-state index < -0.39 is 26.5 Å². The summed E-state index contributed by atoms with van der Waals surface area (Å²) in [6.07, 6.45) is 1.65. The molecule has 8 nitrogen and oxygen atoms in total. The van der Waals surface area contributed by atoms with Crippen LogP contribution in [0.4, 0.5) is 0 Å². The van der Waals surface area contributed by atoms with Crippen LogP contribution in [0.3, 0.4) is 0 Å². The van der Waals surface area contributed by atoms with Crippen molar-refractivity contribution in [3.05, 3.63) is 0 Å². The molecule has 0 saturated carbocycles. The zero-order valence-electron chi connectivity index (χ0n) is 9.23. The summed E-state index contributed by atoms with van der Waals surface area (Å²) in [4.78, 5) is 0. The van der Waals surface area contributed by atoms with Gasteiger partial charge in [0.2, 0.25) is 0 Å². The topological polar surface area (TPSA) is 149 Å². The Morgan fingerprint density at radius 1 is 0.938 bits per heavy atom. The zero-order chi connectivity index (χ0) is 14.0. The zero-order valence-corrected chi connectivity index (χ0v) is 10.9. The Balaban J connectivity index is -0.000000160. The first-order valence-electron chi connectivity index (χ1n) is 3.98. The average Bonchev–Trinajstić information content (AvgIpc) is 1.76. The molecule has 0 atom stereocenters. The molecule has 0 amide bonds. The molecular weight excluding hydrogens is 264 g/mol. The van der Waals surface area contributed by atoms with Crippen LogP contribution in [0.25, 0.3) is 0 Å². The van der Waals surface area contributed by atoms with Gasteiger partial charge in [-0.05, 0) is 6.42 Å². The number of hydrogen-bond acceptors (Lipinski definition) is 6. The van der Waals surface area contributed by atoms with Crippen molar-refractivity contribution in [2.75, 3.05) is 12.5 Å². The summed E-state index contributed by atoms with van der Waals surface area (Å²) < 4.78 is 51.7. The van der Waals surface area contributed by atoms with Crippen LogP contribution in [-0.2, 0) is 20.2 Å². The van der Waals surface area contributed by atoms with Gasteiger partial charge in [0.1, 0.15) is 0 Å². The van der Waals surface area contributed by atoms with Gasteiger partial charge in [0.25, 0.3) is 20.2 Å². The summed E-state index contributed by atoms with van der Waals surface area (Å²) in [5.74, 6) is 0. The van der Waals surface area contributed by atoms with E-state index >= 15 is 0 Å². The second-order valence-electron chi connectivity index (χ2n) is 2.74. The Labute approximate surface area is 95.4 Å². The Kier molecular flexibility index (Phi) is 13.1. The molecule has 0 aromatic heterocycles. The Bertz CT molecular complexity index is 282. The van der Waals surface area contributed by atoms with Crippen LogP contribution in [0.2, 0.25) is 0 Å². The standard InChI is InChI=1S/C4H10O2.2CH4O3S/c1-2-3-4(5)6;2*1-5(2,3)4/h4-6H,2-3H2,1H3;2*1H3,(H,2,3,4). The Morgan fingerprint density at radius 3 is 1.12 bits per heavy atom. The van der Waals surface area contributed by atoms with Gasteiger partial charge in [-0.1, -0.05) is 13.3 Å². The highest BCUT2D eigenvalue weighted by Crippen LogP contribution is 1.88. The van der Waals surface area contributed by atoms with E-state index in [9.17, 15) is 16.8 Å². The van der Waals surface area contributed by atoms with Crippen molar-refractivity contribution in [3.63, 3.8) is 0 Å². The predicted octanol–water partition coefficient (Wildman–Crippen LogP) is -0.895. The molecule has 0 aromatic carbocycles. The van der Waals surface area contributed by atoms with E-state index in [0.717, 1.165) is 6.42 Å². The highest BCUT2D eigenvalue weighted by Gasteiger charge is 1.89.